The minimum absolute atomic E-state index is 0.0370. The number of carboxylic acid groups (broad SMARTS) is 3. The summed E-state index contributed by atoms with van der Waals surface area (Å²) in [5, 5.41) is 29.9. The van der Waals surface area contributed by atoms with E-state index >= 15 is 0 Å². The molecule has 2 aromatic carbocycles. The summed E-state index contributed by atoms with van der Waals surface area (Å²) in [5.74, 6) is -0.394. The van der Waals surface area contributed by atoms with Crippen LogP contribution in [-0.2, 0) is 4.79 Å². The molecular weight excluding hydrogens is 527 g/mol. The summed E-state index contributed by atoms with van der Waals surface area (Å²) < 4.78 is 11.4. The van der Waals surface area contributed by atoms with Gasteiger partial charge in [-0.3, -0.25) is 4.90 Å². The predicted molar refractivity (Wildman–Crippen MR) is 135 cm³/mol. The number of piperazine rings is 1. The first-order valence-corrected chi connectivity index (χ1v) is 12.1. The molecule has 2 atom stereocenters. The van der Waals surface area contributed by atoms with Crippen LogP contribution in [0.5, 0.6) is 11.5 Å². The van der Waals surface area contributed by atoms with E-state index in [0.717, 1.165) is 15.4 Å². The van der Waals surface area contributed by atoms with Crippen molar-refractivity contribution in [2.75, 3.05) is 26.3 Å². The minimum Gasteiger partial charge on any atom is -0.490 e. The molecule has 0 unspecified atom stereocenters. The summed E-state index contributed by atoms with van der Waals surface area (Å²) in [6.07, 6.45) is -2.43. The second kappa shape index (κ2) is 10.8. The van der Waals surface area contributed by atoms with Gasteiger partial charge in [0.15, 0.2) is 5.75 Å². The number of halogens is 2. The number of ether oxygens (including phenoxy) is 2. The Hall–Kier alpha value is -3.63. The number of carboxylic acids is 1. The Balaban J connectivity index is 1.48. The molecule has 1 fully saturated rings. The lowest BCUT2D eigenvalue weighted by atomic mass is 9.82. The number of amides is 2. The Labute approximate surface area is 222 Å². The first kappa shape index (κ1) is 26.4. The van der Waals surface area contributed by atoms with Crippen molar-refractivity contribution >= 4 is 46.9 Å². The highest BCUT2D eigenvalue weighted by molar-refractivity contribution is 6.37. The van der Waals surface area contributed by atoms with Crippen molar-refractivity contribution in [2.45, 2.75) is 25.4 Å². The molecule has 0 saturated carbocycles. The Morgan fingerprint density at radius 3 is 2.14 bits per heavy atom. The Bertz CT molecular complexity index is 1240. The Morgan fingerprint density at radius 1 is 0.946 bits per heavy atom. The van der Waals surface area contributed by atoms with Crippen molar-refractivity contribution < 1.29 is 39.2 Å². The zero-order chi connectivity index (χ0) is 26.9. The van der Waals surface area contributed by atoms with Crippen LogP contribution in [0, 0.1) is 6.92 Å². The maximum atomic E-state index is 12.2. The molecule has 0 radical (unpaired) electrons. The molecule has 2 aromatic rings. The number of carbonyl (C=O) groups is 3. The second-order valence-electron chi connectivity index (χ2n) is 8.73. The molecule has 0 spiro atoms. The van der Waals surface area contributed by atoms with Crippen molar-refractivity contribution in [1.29, 1.82) is 0 Å². The lowest BCUT2D eigenvalue weighted by molar-refractivity contribution is -0.133. The van der Waals surface area contributed by atoms with E-state index in [1.165, 1.54) is 0 Å². The third-order valence-electron chi connectivity index (χ3n) is 6.32. The highest BCUT2D eigenvalue weighted by Crippen LogP contribution is 2.39. The van der Waals surface area contributed by atoms with Crippen LogP contribution in [-0.4, -0.2) is 81.7 Å². The number of benzene rings is 2. The molecule has 2 heterocycles. The van der Waals surface area contributed by atoms with Crippen LogP contribution < -0.4 is 9.47 Å². The average molecular weight is 551 g/mol. The molecule has 2 bridgehead atoms. The molecule has 3 N–H and O–H groups in total. The SMILES string of the molecule is Cc1cc(Cl)c(OCCOc2ccc(C3=C(C(=O)O)[C@H]4CN(C(=O)O)C[C@@H](C3)N4C(=O)O)cc2)c(Cl)c1. The molecular formula is C25H24Cl2N2O8. The first-order valence-electron chi connectivity index (χ1n) is 11.3. The summed E-state index contributed by atoms with van der Waals surface area (Å²) in [7, 11) is 0. The van der Waals surface area contributed by atoms with E-state index in [9.17, 15) is 29.7 Å². The number of fused-ring (bicyclic) bond motifs is 2. The van der Waals surface area contributed by atoms with Crippen LogP contribution in [0.15, 0.2) is 42.0 Å². The van der Waals surface area contributed by atoms with Crippen LogP contribution in [0.3, 0.4) is 0 Å². The van der Waals surface area contributed by atoms with Gasteiger partial charge in [0.05, 0.1) is 27.7 Å². The van der Waals surface area contributed by atoms with E-state index < -0.39 is 30.2 Å². The van der Waals surface area contributed by atoms with Gasteiger partial charge >= 0.3 is 18.2 Å². The topological polar surface area (TPSA) is 137 Å². The molecule has 2 aliphatic heterocycles. The fourth-order valence-electron chi connectivity index (χ4n) is 4.78. The number of nitrogens with zero attached hydrogens (tertiary/aromatic N) is 2. The number of hydrogen-bond donors (Lipinski definition) is 3. The van der Waals surface area contributed by atoms with Gasteiger partial charge in [-0.05, 0) is 54.3 Å². The number of hydrogen-bond acceptors (Lipinski definition) is 5. The van der Waals surface area contributed by atoms with Crippen molar-refractivity contribution in [3.05, 3.63) is 63.1 Å². The van der Waals surface area contributed by atoms with Crippen LogP contribution in [0.4, 0.5) is 9.59 Å². The summed E-state index contributed by atoms with van der Waals surface area (Å²) >= 11 is 12.4. The van der Waals surface area contributed by atoms with Gasteiger partial charge in [-0.25, -0.2) is 14.4 Å². The molecule has 37 heavy (non-hydrogen) atoms. The third-order valence-corrected chi connectivity index (χ3v) is 6.88. The molecule has 12 heteroatoms. The van der Waals surface area contributed by atoms with Gasteiger partial charge in [-0.15, -0.1) is 0 Å². The highest BCUT2D eigenvalue weighted by atomic mass is 35.5. The maximum Gasteiger partial charge on any atom is 0.408 e. The minimum atomic E-state index is -1.29. The van der Waals surface area contributed by atoms with Gasteiger partial charge in [0, 0.05) is 13.1 Å². The predicted octanol–water partition coefficient (Wildman–Crippen LogP) is 4.71. The molecule has 4 rings (SSSR count). The largest absolute Gasteiger partial charge is 0.490 e. The molecule has 2 aliphatic rings. The summed E-state index contributed by atoms with van der Waals surface area (Å²) in [4.78, 5) is 37.7. The van der Waals surface area contributed by atoms with E-state index in [1.807, 2.05) is 6.92 Å². The molecule has 2 amide bonds. The highest BCUT2D eigenvalue weighted by Gasteiger charge is 2.47. The normalized spacial score (nSPS) is 19.0. The van der Waals surface area contributed by atoms with Crippen LogP contribution >= 0.6 is 23.2 Å². The van der Waals surface area contributed by atoms with Crippen LogP contribution in [0.1, 0.15) is 17.5 Å². The third kappa shape index (κ3) is 5.55. The molecule has 0 aromatic heterocycles. The van der Waals surface area contributed by atoms with Crippen LogP contribution in [0.2, 0.25) is 10.0 Å². The standard InChI is InChI=1S/C25H24Cl2N2O8/c1-13-8-18(26)22(19(27)9-13)37-7-6-36-16-4-2-14(3-5-16)17-10-15-11-28(24(32)33)12-20(21(17)23(30)31)29(15)25(34)35/h2-5,8-9,15,20H,6-7,10-12H2,1H3,(H,30,31)(H,32,33)(H,34,35)/t15-,20-/m1/s1. The van der Waals surface area contributed by atoms with E-state index in [1.54, 1.807) is 36.4 Å². The zero-order valence-corrected chi connectivity index (χ0v) is 21.2. The lowest BCUT2D eigenvalue weighted by Crippen LogP contribution is -2.64. The van der Waals surface area contributed by atoms with Gasteiger partial charge in [0.2, 0.25) is 0 Å². The lowest BCUT2D eigenvalue weighted by Gasteiger charge is -2.48. The maximum absolute atomic E-state index is 12.2. The smallest absolute Gasteiger partial charge is 0.408 e. The van der Waals surface area contributed by atoms with E-state index in [-0.39, 0.29) is 38.3 Å². The quantitative estimate of drug-likeness (QED) is 0.421. The fraction of sp³-hybridized carbons (Fsp3) is 0.320. The summed E-state index contributed by atoms with van der Waals surface area (Å²) in [5.41, 5.74) is 1.86. The Morgan fingerprint density at radius 2 is 1.57 bits per heavy atom. The number of aliphatic carboxylic acids is 1. The van der Waals surface area contributed by atoms with Gasteiger partial charge in [-0.1, -0.05) is 35.3 Å². The van der Waals surface area contributed by atoms with Crippen molar-refractivity contribution in [1.82, 2.24) is 9.80 Å². The number of rotatable bonds is 7. The van der Waals surface area contributed by atoms with Gasteiger partial charge in [0.1, 0.15) is 19.0 Å². The number of aryl methyl sites for hydroxylation is 1. The van der Waals surface area contributed by atoms with Gasteiger partial charge < -0.3 is 29.7 Å². The molecule has 10 nitrogen and oxygen atoms in total. The van der Waals surface area contributed by atoms with Gasteiger partial charge in [0.25, 0.3) is 0 Å². The summed E-state index contributed by atoms with van der Waals surface area (Å²) in [6, 6.07) is 8.44. The van der Waals surface area contributed by atoms with E-state index in [2.05, 4.69) is 0 Å². The first-order chi connectivity index (χ1) is 17.6. The average Bonchev–Trinajstić information content (AvgIpc) is 2.81. The van der Waals surface area contributed by atoms with E-state index in [4.69, 9.17) is 32.7 Å². The molecule has 1 saturated heterocycles. The Kier molecular flexibility index (Phi) is 7.70. The van der Waals surface area contributed by atoms with Gasteiger partial charge in [-0.2, -0.15) is 0 Å². The van der Waals surface area contributed by atoms with Crippen molar-refractivity contribution in [3.8, 4) is 11.5 Å². The van der Waals surface area contributed by atoms with E-state index in [0.29, 0.717) is 32.7 Å². The fourth-order valence-corrected chi connectivity index (χ4v) is 5.48. The second-order valence-corrected chi connectivity index (χ2v) is 9.54. The zero-order valence-electron chi connectivity index (χ0n) is 19.7. The monoisotopic (exact) mass is 550 g/mol. The van der Waals surface area contributed by atoms with Crippen LogP contribution in [0.25, 0.3) is 5.57 Å². The summed E-state index contributed by atoms with van der Waals surface area (Å²) in [6.45, 7) is 1.97. The molecule has 0 aliphatic carbocycles. The molecule has 196 valence electrons. The van der Waals surface area contributed by atoms with Crippen molar-refractivity contribution in [2.24, 2.45) is 0 Å². The van der Waals surface area contributed by atoms with Crippen molar-refractivity contribution in [3.63, 3.8) is 0 Å².